The van der Waals surface area contributed by atoms with Crippen LogP contribution in [-0.4, -0.2) is 55.8 Å². The van der Waals surface area contributed by atoms with E-state index in [1.54, 1.807) is 20.8 Å². The van der Waals surface area contributed by atoms with Gasteiger partial charge in [0.2, 0.25) is 5.91 Å². The number of aromatic nitrogens is 3. The SMILES string of the molecule is CC(C)(C)OC(=O)N1CCC1C(=O)Nc1c[nH]c(/C=C\C(=N)c2cnc(N)c(C(F)(F)F)c2)n1. The number of alkyl halides is 3. The molecule has 1 saturated heterocycles. The summed E-state index contributed by atoms with van der Waals surface area (Å²) in [5.74, 6) is -0.673. The molecule has 34 heavy (non-hydrogen) atoms. The van der Waals surface area contributed by atoms with Crippen molar-refractivity contribution in [2.24, 2.45) is 0 Å². The zero-order chi connectivity index (χ0) is 25.3. The second-order valence-electron chi connectivity index (χ2n) is 8.54. The van der Waals surface area contributed by atoms with Crippen LogP contribution in [-0.2, 0) is 15.7 Å². The lowest BCUT2D eigenvalue weighted by Gasteiger charge is -2.39. The van der Waals surface area contributed by atoms with Crippen molar-refractivity contribution in [2.45, 2.75) is 45.0 Å². The molecule has 1 aliphatic rings. The highest BCUT2D eigenvalue weighted by atomic mass is 19.4. The van der Waals surface area contributed by atoms with Crippen molar-refractivity contribution in [2.75, 3.05) is 17.6 Å². The molecule has 0 spiro atoms. The summed E-state index contributed by atoms with van der Waals surface area (Å²) in [6, 6.07) is 0.0669. The van der Waals surface area contributed by atoms with Gasteiger partial charge < -0.3 is 26.2 Å². The molecule has 1 fully saturated rings. The molecular weight excluding hydrogens is 455 g/mol. The van der Waals surface area contributed by atoms with Gasteiger partial charge in [0.05, 0.1) is 11.3 Å². The van der Waals surface area contributed by atoms with Gasteiger partial charge in [0.15, 0.2) is 5.82 Å². The fraction of sp³-hybridized carbons (Fsp3) is 0.381. The summed E-state index contributed by atoms with van der Waals surface area (Å²) in [7, 11) is 0. The third-order valence-corrected chi connectivity index (χ3v) is 4.74. The zero-order valence-electron chi connectivity index (χ0n) is 18.7. The summed E-state index contributed by atoms with van der Waals surface area (Å²) >= 11 is 0. The van der Waals surface area contributed by atoms with Crippen LogP contribution in [0.4, 0.5) is 29.6 Å². The van der Waals surface area contributed by atoms with Crippen molar-refractivity contribution in [3.63, 3.8) is 0 Å². The first-order chi connectivity index (χ1) is 15.7. The van der Waals surface area contributed by atoms with Crippen molar-refractivity contribution < 1.29 is 27.5 Å². The van der Waals surface area contributed by atoms with Crippen LogP contribution >= 0.6 is 0 Å². The molecule has 1 aliphatic heterocycles. The van der Waals surface area contributed by atoms with E-state index >= 15 is 0 Å². The number of anilines is 2. The van der Waals surface area contributed by atoms with Gasteiger partial charge in [0.25, 0.3) is 0 Å². The normalized spacial score (nSPS) is 16.3. The van der Waals surface area contributed by atoms with E-state index in [0.29, 0.717) is 13.0 Å². The Morgan fingerprint density at radius 3 is 2.65 bits per heavy atom. The summed E-state index contributed by atoms with van der Waals surface area (Å²) in [6.45, 7) is 5.60. The molecule has 1 atom stereocenters. The number of nitrogens with one attached hydrogen (secondary N) is 3. The van der Waals surface area contributed by atoms with Crippen LogP contribution in [0.15, 0.2) is 24.5 Å². The predicted octanol–water partition coefficient (Wildman–Crippen LogP) is 3.43. The van der Waals surface area contributed by atoms with E-state index in [1.807, 2.05) is 0 Å². The smallest absolute Gasteiger partial charge is 0.419 e. The Balaban J connectivity index is 1.61. The highest BCUT2D eigenvalue weighted by molar-refractivity contribution is 6.08. The third kappa shape index (κ3) is 5.91. The first-order valence-electron chi connectivity index (χ1n) is 10.2. The van der Waals surface area contributed by atoms with Crippen LogP contribution in [0, 0.1) is 5.41 Å². The molecule has 13 heteroatoms. The van der Waals surface area contributed by atoms with E-state index in [1.165, 1.54) is 23.2 Å². The van der Waals surface area contributed by atoms with E-state index in [-0.39, 0.29) is 22.9 Å². The monoisotopic (exact) mass is 479 g/mol. The number of nitrogens with two attached hydrogens (primary N) is 1. The number of hydrogen-bond acceptors (Lipinski definition) is 7. The standard InChI is InChI=1S/C21H24F3N7O3/c1-20(2,3)34-19(33)31-7-6-14(31)18(32)30-16-10-27-15(29-16)5-4-13(25)11-8-12(21(22,23)24)17(26)28-9-11/h4-5,8-10,14,25H,6-7H2,1-3H3,(H2,26,28)(H,27,29)(H,30,32)/b5-4-,25-13?. The topological polar surface area (TPSA) is 150 Å². The van der Waals surface area contributed by atoms with Crippen molar-refractivity contribution in [1.29, 1.82) is 5.41 Å². The molecule has 0 saturated carbocycles. The van der Waals surface area contributed by atoms with Gasteiger partial charge in [-0.3, -0.25) is 9.69 Å². The number of carbonyl (C=O) groups is 2. The third-order valence-electron chi connectivity index (χ3n) is 4.74. The van der Waals surface area contributed by atoms with Gasteiger partial charge in [-0.2, -0.15) is 13.2 Å². The maximum Gasteiger partial charge on any atom is 0.419 e. The molecule has 2 amide bonds. The predicted molar refractivity (Wildman–Crippen MR) is 118 cm³/mol. The van der Waals surface area contributed by atoms with Crippen LogP contribution in [0.25, 0.3) is 6.08 Å². The summed E-state index contributed by atoms with van der Waals surface area (Å²) in [5, 5.41) is 10.6. The number of amides is 2. The average Bonchev–Trinajstić information content (AvgIpc) is 3.10. The second kappa shape index (κ2) is 9.15. The summed E-state index contributed by atoms with van der Waals surface area (Å²) in [5.41, 5.74) is 3.14. The number of halogens is 3. The fourth-order valence-corrected chi connectivity index (χ4v) is 3.00. The van der Waals surface area contributed by atoms with E-state index in [9.17, 15) is 22.8 Å². The summed E-state index contributed by atoms with van der Waals surface area (Å²) in [6.07, 6.45) is 0.282. The minimum Gasteiger partial charge on any atom is -0.444 e. The zero-order valence-corrected chi connectivity index (χ0v) is 18.7. The Morgan fingerprint density at radius 1 is 1.35 bits per heavy atom. The largest absolute Gasteiger partial charge is 0.444 e. The van der Waals surface area contributed by atoms with Crippen molar-refractivity contribution in [3.05, 3.63) is 41.5 Å². The number of pyridine rings is 1. The van der Waals surface area contributed by atoms with Gasteiger partial charge in [0.1, 0.15) is 23.3 Å². The average molecular weight is 479 g/mol. The van der Waals surface area contributed by atoms with Crippen LogP contribution in [0.1, 0.15) is 44.1 Å². The van der Waals surface area contributed by atoms with Gasteiger partial charge >= 0.3 is 12.3 Å². The number of ether oxygens (including phenoxy) is 1. The molecule has 3 heterocycles. The second-order valence-corrected chi connectivity index (χ2v) is 8.54. The van der Waals surface area contributed by atoms with E-state index in [4.69, 9.17) is 15.9 Å². The number of imidazole rings is 1. The number of allylic oxidation sites excluding steroid dienone is 1. The highest BCUT2D eigenvalue weighted by Crippen LogP contribution is 2.33. The Bertz CT molecular complexity index is 1140. The van der Waals surface area contributed by atoms with Gasteiger partial charge in [-0.1, -0.05) is 0 Å². The molecule has 10 nitrogen and oxygen atoms in total. The van der Waals surface area contributed by atoms with E-state index in [2.05, 4.69) is 20.3 Å². The Kier molecular flexibility index (Phi) is 6.66. The number of nitrogens with zero attached hydrogens (tertiary/aromatic N) is 3. The van der Waals surface area contributed by atoms with Gasteiger partial charge in [-0.05, 0) is 45.4 Å². The summed E-state index contributed by atoms with van der Waals surface area (Å²) in [4.78, 5) is 36.4. The minimum absolute atomic E-state index is 0.0786. The molecule has 2 aromatic heterocycles. The Hall–Kier alpha value is -3.90. The maximum absolute atomic E-state index is 13.0. The lowest BCUT2D eigenvalue weighted by Crippen LogP contribution is -2.57. The molecule has 5 N–H and O–H groups in total. The number of aromatic amines is 1. The number of nitrogen functional groups attached to an aromatic ring is 1. The van der Waals surface area contributed by atoms with Crippen LogP contribution in [0.3, 0.4) is 0 Å². The van der Waals surface area contributed by atoms with Crippen molar-refractivity contribution in [1.82, 2.24) is 19.9 Å². The molecule has 0 bridgehead atoms. The fourth-order valence-electron chi connectivity index (χ4n) is 3.00. The minimum atomic E-state index is -4.69. The molecule has 2 aromatic rings. The molecule has 1 unspecified atom stereocenters. The maximum atomic E-state index is 13.0. The van der Waals surface area contributed by atoms with Crippen molar-refractivity contribution >= 4 is 35.4 Å². The van der Waals surface area contributed by atoms with Gasteiger partial charge in [-0.25, -0.2) is 14.8 Å². The van der Waals surface area contributed by atoms with Crippen LogP contribution in [0.5, 0.6) is 0 Å². The highest BCUT2D eigenvalue weighted by Gasteiger charge is 2.40. The first-order valence-corrected chi connectivity index (χ1v) is 10.2. The number of likely N-dealkylation sites (tertiary alicyclic amines) is 1. The lowest BCUT2D eigenvalue weighted by molar-refractivity contribution is -0.137. The molecule has 0 aliphatic carbocycles. The Morgan fingerprint density at radius 2 is 2.06 bits per heavy atom. The molecule has 3 rings (SSSR count). The summed E-state index contributed by atoms with van der Waals surface area (Å²) < 4.78 is 44.3. The van der Waals surface area contributed by atoms with E-state index in [0.717, 1.165) is 12.3 Å². The quantitative estimate of drug-likeness (QED) is 0.483. The van der Waals surface area contributed by atoms with Gasteiger partial charge in [-0.15, -0.1) is 0 Å². The van der Waals surface area contributed by atoms with Gasteiger partial charge in [0, 0.05) is 24.5 Å². The number of carbonyl (C=O) groups excluding carboxylic acids is 2. The van der Waals surface area contributed by atoms with Crippen LogP contribution < -0.4 is 11.1 Å². The lowest BCUT2D eigenvalue weighted by atomic mass is 10.0. The number of hydrogen-bond donors (Lipinski definition) is 4. The molecule has 0 aromatic carbocycles. The van der Waals surface area contributed by atoms with Crippen molar-refractivity contribution in [3.8, 4) is 0 Å². The molecule has 0 radical (unpaired) electrons. The first kappa shape index (κ1) is 24.7. The molecule has 182 valence electrons. The van der Waals surface area contributed by atoms with E-state index < -0.39 is 41.2 Å². The number of rotatable bonds is 5. The number of H-pyrrole nitrogens is 1. The Labute approximate surface area is 192 Å². The van der Waals surface area contributed by atoms with Crippen LogP contribution in [0.2, 0.25) is 0 Å². The molecular formula is C21H24F3N7O3.